The van der Waals surface area contributed by atoms with E-state index in [0.29, 0.717) is 6.61 Å². The van der Waals surface area contributed by atoms with Crippen molar-refractivity contribution in [3.8, 4) is 5.75 Å². The van der Waals surface area contributed by atoms with Crippen molar-refractivity contribution in [1.82, 2.24) is 0 Å². The highest BCUT2D eigenvalue weighted by Gasteiger charge is 2.07. The van der Waals surface area contributed by atoms with Gasteiger partial charge in [0, 0.05) is 0 Å². The van der Waals surface area contributed by atoms with E-state index in [2.05, 4.69) is 6.07 Å². The maximum Gasteiger partial charge on any atom is 0.200 e. The minimum absolute atomic E-state index is 0.0724. The third-order valence-corrected chi connectivity index (χ3v) is 1.31. The zero-order valence-electron chi connectivity index (χ0n) is 6.73. The van der Waals surface area contributed by atoms with E-state index in [-0.39, 0.29) is 5.75 Å². The Morgan fingerprint density at radius 2 is 2.17 bits per heavy atom. The summed E-state index contributed by atoms with van der Waals surface area (Å²) >= 11 is 0. The van der Waals surface area contributed by atoms with Crippen LogP contribution >= 0.6 is 0 Å². The van der Waals surface area contributed by atoms with Crippen molar-refractivity contribution in [3.63, 3.8) is 0 Å². The van der Waals surface area contributed by atoms with E-state index in [1.54, 1.807) is 0 Å². The second-order valence-electron chi connectivity index (χ2n) is 2.33. The zero-order chi connectivity index (χ0) is 8.97. The molecule has 0 fully saturated rings. The first-order valence-electron chi connectivity index (χ1n) is 3.73. The predicted molar refractivity (Wildman–Crippen MR) is 41.0 cm³/mol. The molecule has 0 saturated heterocycles. The Labute approximate surface area is 70.0 Å². The van der Waals surface area contributed by atoms with Crippen LogP contribution in [-0.4, -0.2) is 6.61 Å². The van der Waals surface area contributed by atoms with E-state index >= 15 is 0 Å². The largest absolute Gasteiger partial charge is 0.490 e. The summed E-state index contributed by atoms with van der Waals surface area (Å²) in [4.78, 5) is 0. The highest BCUT2D eigenvalue weighted by Crippen LogP contribution is 2.18. The molecule has 0 aliphatic carbocycles. The molecule has 1 aromatic rings. The van der Waals surface area contributed by atoms with E-state index in [1.807, 2.05) is 6.92 Å². The van der Waals surface area contributed by atoms with Gasteiger partial charge < -0.3 is 4.74 Å². The Morgan fingerprint density at radius 3 is 2.83 bits per heavy atom. The number of ether oxygens (including phenoxy) is 1. The molecule has 3 heteroatoms. The molecular formula is C9H9F2O. The van der Waals surface area contributed by atoms with E-state index in [9.17, 15) is 8.78 Å². The fraction of sp³-hybridized carbons (Fsp3) is 0.333. The first kappa shape index (κ1) is 8.97. The summed E-state index contributed by atoms with van der Waals surface area (Å²) in [5.74, 6) is -1.94. The number of rotatable bonds is 3. The maximum absolute atomic E-state index is 12.8. The Balaban J connectivity index is 2.78. The van der Waals surface area contributed by atoms with Crippen molar-refractivity contribution in [2.45, 2.75) is 13.3 Å². The lowest BCUT2D eigenvalue weighted by Gasteiger charge is -2.04. The van der Waals surface area contributed by atoms with Crippen LogP contribution in [0.5, 0.6) is 5.75 Å². The minimum Gasteiger partial charge on any atom is -0.490 e. The van der Waals surface area contributed by atoms with Crippen molar-refractivity contribution < 1.29 is 13.5 Å². The van der Waals surface area contributed by atoms with Gasteiger partial charge in [-0.15, -0.1) is 0 Å². The minimum atomic E-state index is -0.942. The highest BCUT2D eigenvalue weighted by molar-refractivity contribution is 5.24. The van der Waals surface area contributed by atoms with Crippen LogP contribution in [0.2, 0.25) is 0 Å². The molecule has 0 aromatic heterocycles. The van der Waals surface area contributed by atoms with Crippen LogP contribution in [0.1, 0.15) is 13.3 Å². The molecule has 0 atom stereocenters. The van der Waals surface area contributed by atoms with Gasteiger partial charge in [-0.2, -0.15) is 4.39 Å². The number of hydrogen-bond donors (Lipinski definition) is 0. The van der Waals surface area contributed by atoms with Crippen LogP contribution in [0.3, 0.4) is 0 Å². The summed E-state index contributed by atoms with van der Waals surface area (Å²) in [6.45, 7) is 2.27. The Kier molecular flexibility index (Phi) is 3.02. The molecule has 0 saturated carbocycles. The molecule has 0 aliphatic rings. The van der Waals surface area contributed by atoms with E-state index in [1.165, 1.54) is 6.07 Å². The van der Waals surface area contributed by atoms with E-state index in [0.717, 1.165) is 12.5 Å². The highest BCUT2D eigenvalue weighted by atomic mass is 19.2. The number of halogens is 2. The van der Waals surface area contributed by atoms with Crippen LogP contribution < -0.4 is 4.74 Å². The van der Waals surface area contributed by atoms with Crippen LogP contribution in [0, 0.1) is 17.7 Å². The second-order valence-corrected chi connectivity index (χ2v) is 2.33. The van der Waals surface area contributed by atoms with Gasteiger partial charge in [-0.05, 0) is 24.6 Å². The monoisotopic (exact) mass is 171 g/mol. The van der Waals surface area contributed by atoms with Gasteiger partial charge in [0.25, 0.3) is 0 Å². The van der Waals surface area contributed by atoms with Crippen molar-refractivity contribution in [1.29, 1.82) is 0 Å². The van der Waals surface area contributed by atoms with Crippen LogP contribution in [0.4, 0.5) is 8.78 Å². The average molecular weight is 171 g/mol. The van der Waals surface area contributed by atoms with Crippen molar-refractivity contribution in [2.75, 3.05) is 6.61 Å². The van der Waals surface area contributed by atoms with Crippen LogP contribution in [-0.2, 0) is 0 Å². The lowest BCUT2D eigenvalue weighted by molar-refractivity contribution is 0.295. The second kappa shape index (κ2) is 4.04. The maximum atomic E-state index is 12.8. The normalized spacial score (nSPS) is 9.92. The van der Waals surface area contributed by atoms with Gasteiger partial charge in [-0.25, -0.2) is 4.39 Å². The van der Waals surface area contributed by atoms with Crippen molar-refractivity contribution in [3.05, 3.63) is 29.8 Å². The van der Waals surface area contributed by atoms with Gasteiger partial charge >= 0.3 is 0 Å². The number of benzene rings is 1. The summed E-state index contributed by atoms with van der Waals surface area (Å²) < 4.78 is 30.2. The van der Waals surface area contributed by atoms with Gasteiger partial charge in [-0.3, -0.25) is 0 Å². The molecule has 1 rings (SSSR count). The number of hydrogen-bond acceptors (Lipinski definition) is 1. The summed E-state index contributed by atoms with van der Waals surface area (Å²) in [6, 6.07) is 4.66. The fourth-order valence-electron chi connectivity index (χ4n) is 0.752. The summed E-state index contributed by atoms with van der Waals surface area (Å²) in [6.07, 6.45) is 0.760. The standard InChI is InChI=1S/C9H9F2O/c1-2-6-12-8-5-3-4-7(10)9(8)11/h4-5H,2,6H2,1H3. The lowest BCUT2D eigenvalue weighted by Crippen LogP contribution is -1.98. The first-order valence-corrected chi connectivity index (χ1v) is 3.73. The molecule has 65 valence electrons. The van der Waals surface area contributed by atoms with Crippen molar-refractivity contribution in [2.24, 2.45) is 0 Å². The summed E-state index contributed by atoms with van der Waals surface area (Å²) in [5, 5.41) is 0. The molecule has 0 aliphatic heterocycles. The van der Waals surface area contributed by atoms with Gasteiger partial charge in [-0.1, -0.05) is 6.92 Å². The fourth-order valence-corrected chi connectivity index (χ4v) is 0.752. The third-order valence-electron chi connectivity index (χ3n) is 1.31. The molecule has 0 N–H and O–H groups in total. The Hall–Kier alpha value is -1.12. The van der Waals surface area contributed by atoms with E-state index in [4.69, 9.17) is 4.74 Å². The average Bonchev–Trinajstić information content (AvgIpc) is 2.08. The van der Waals surface area contributed by atoms with Gasteiger partial charge in [0.15, 0.2) is 11.6 Å². The van der Waals surface area contributed by atoms with Crippen molar-refractivity contribution >= 4 is 0 Å². The Morgan fingerprint density at radius 1 is 1.42 bits per heavy atom. The predicted octanol–water partition coefficient (Wildman–Crippen LogP) is 2.55. The molecule has 0 heterocycles. The molecule has 1 radical (unpaired) electrons. The smallest absolute Gasteiger partial charge is 0.200 e. The molecule has 1 aromatic carbocycles. The molecule has 0 amide bonds. The topological polar surface area (TPSA) is 9.23 Å². The van der Waals surface area contributed by atoms with Crippen LogP contribution in [0.25, 0.3) is 0 Å². The van der Waals surface area contributed by atoms with Gasteiger partial charge in [0.1, 0.15) is 0 Å². The lowest BCUT2D eigenvalue weighted by atomic mass is 10.3. The SMILES string of the molecule is CCCOc1c[c]cc(F)c1F. The van der Waals surface area contributed by atoms with Gasteiger partial charge in [0.05, 0.1) is 6.61 Å². The Bertz CT molecular complexity index is 261. The zero-order valence-corrected chi connectivity index (χ0v) is 6.73. The molecule has 12 heavy (non-hydrogen) atoms. The molecular weight excluding hydrogens is 162 g/mol. The quantitative estimate of drug-likeness (QED) is 0.679. The van der Waals surface area contributed by atoms with Crippen LogP contribution in [0.15, 0.2) is 12.1 Å². The first-order chi connectivity index (χ1) is 5.75. The molecule has 1 nitrogen and oxygen atoms in total. The molecule has 0 bridgehead atoms. The summed E-state index contributed by atoms with van der Waals surface area (Å²) in [5.41, 5.74) is 0. The summed E-state index contributed by atoms with van der Waals surface area (Å²) in [7, 11) is 0. The molecule has 0 spiro atoms. The van der Waals surface area contributed by atoms with Gasteiger partial charge in [0.2, 0.25) is 5.82 Å². The third kappa shape index (κ3) is 1.94. The molecule has 0 unspecified atom stereocenters. The van der Waals surface area contributed by atoms with E-state index < -0.39 is 11.6 Å².